The number of carbonyl (C=O) groups is 2. The van der Waals surface area contributed by atoms with E-state index in [2.05, 4.69) is 17.6 Å². The van der Waals surface area contributed by atoms with Crippen LogP contribution in [0, 0.1) is 6.92 Å². The number of likely N-dealkylation sites (N-methyl/N-ethyl adjacent to an activating group) is 1. The summed E-state index contributed by atoms with van der Waals surface area (Å²) in [4.78, 5) is 29.6. The zero-order valence-corrected chi connectivity index (χ0v) is 17.2. The quantitative estimate of drug-likeness (QED) is 0.433. The summed E-state index contributed by atoms with van der Waals surface area (Å²) in [6, 6.07) is 7.62. The molecule has 0 saturated carbocycles. The predicted molar refractivity (Wildman–Crippen MR) is 110 cm³/mol. The monoisotopic (exact) mass is 389 g/mol. The van der Waals surface area contributed by atoms with E-state index in [0.29, 0.717) is 19.5 Å². The van der Waals surface area contributed by atoms with E-state index < -0.39 is 0 Å². The van der Waals surface area contributed by atoms with Crippen molar-refractivity contribution in [2.45, 2.75) is 32.7 Å². The van der Waals surface area contributed by atoms with Crippen LogP contribution in [0.4, 0.5) is 10.5 Å². The maximum atomic E-state index is 12.3. The molecule has 4 N–H and O–H groups in total. The van der Waals surface area contributed by atoms with Crippen molar-refractivity contribution in [3.8, 4) is 0 Å². The van der Waals surface area contributed by atoms with Gasteiger partial charge in [-0.1, -0.05) is 17.7 Å². The second-order valence-corrected chi connectivity index (χ2v) is 8.10. The SMILES string of the molecule is CC[NH+]1CC[NH+](CCCNC(=O)N[C@H]2CC(=O)N(c3ccc(C)cc3)C2)CC1. The van der Waals surface area contributed by atoms with Crippen molar-refractivity contribution in [3.05, 3.63) is 29.8 Å². The van der Waals surface area contributed by atoms with E-state index in [9.17, 15) is 9.59 Å². The Labute approximate surface area is 168 Å². The van der Waals surface area contributed by atoms with E-state index in [1.54, 1.807) is 14.7 Å². The zero-order chi connectivity index (χ0) is 19.9. The largest absolute Gasteiger partial charge is 0.338 e. The van der Waals surface area contributed by atoms with Crippen molar-refractivity contribution in [2.24, 2.45) is 0 Å². The Bertz CT molecular complexity index is 655. The summed E-state index contributed by atoms with van der Waals surface area (Å²) < 4.78 is 0. The molecule has 3 rings (SSSR count). The van der Waals surface area contributed by atoms with Gasteiger partial charge in [-0.05, 0) is 26.0 Å². The molecule has 2 saturated heterocycles. The fourth-order valence-corrected chi connectivity index (χ4v) is 4.12. The van der Waals surface area contributed by atoms with E-state index >= 15 is 0 Å². The first kappa shape index (κ1) is 20.6. The number of hydrogen-bond donors (Lipinski definition) is 4. The van der Waals surface area contributed by atoms with Crippen LogP contribution in [0.25, 0.3) is 0 Å². The van der Waals surface area contributed by atoms with Gasteiger partial charge in [-0.25, -0.2) is 4.79 Å². The summed E-state index contributed by atoms with van der Waals surface area (Å²) in [5, 5.41) is 5.90. The summed E-state index contributed by atoms with van der Waals surface area (Å²) in [6.07, 6.45) is 1.35. The second kappa shape index (κ2) is 9.89. The highest BCUT2D eigenvalue weighted by atomic mass is 16.2. The van der Waals surface area contributed by atoms with Crippen LogP contribution in [0.5, 0.6) is 0 Å². The minimum absolute atomic E-state index is 0.0612. The Balaban J connectivity index is 1.33. The van der Waals surface area contributed by atoms with Crippen LogP contribution < -0.4 is 25.3 Å². The van der Waals surface area contributed by atoms with Crippen LogP contribution in [0.1, 0.15) is 25.3 Å². The van der Waals surface area contributed by atoms with Gasteiger partial charge in [0.2, 0.25) is 5.91 Å². The highest BCUT2D eigenvalue weighted by Gasteiger charge is 2.31. The Morgan fingerprint density at radius 1 is 1.14 bits per heavy atom. The Hall–Kier alpha value is -2.12. The van der Waals surface area contributed by atoms with Gasteiger partial charge >= 0.3 is 6.03 Å². The lowest BCUT2D eigenvalue weighted by Gasteiger charge is -2.29. The van der Waals surface area contributed by atoms with Gasteiger partial charge in [-0.3, -0.25) is 4.79 Å². The number of piperazine rings is 1. The molecule has 28 heavy (non-hydrogen) atoms. The van der Waals surface area contributed by atoms with Gasteiger partial charge in [0.1, 0.15) is 26.2 Å². The standard InChI is InChI=1S/C21H33N5O2/c1-3-24-11-13-25(14-12-24)10-4-9-22-21(28)23-18-15-20(27)26(16-18)19-7-5-17(2)6-8-19/h5-8,18H,3-4,9-16H2,1-2H3,(H2,22,23,28)/p+2/t18-/m0/s1. The molecule has 7 nitrogen and oxygen atoms in total. The third-order valence-corrected chi connectivity index (χ3v) is 5.96. The maximum Gasteiger partial charge on any atom is 0.315 e. The van der Waals surface area contributed by atoms with Crippen LogP contribution >= 0.6 is 0 Å². The molecule has 2 heterocycles. The number of aryl methyl sites for hydroxylation is 1. The molecule has 0 bridgehead atoms. The van der Waals surface area contributed by atoms with E-state index in [1.165, 1.54) is 38.3 Å². The average molecular weight is 390 g/mol. The first-order valence-electron chi connectivity index (χ1n) is 10.6. The van der Waals surface area contributed by atoms with Crippen LogP contribution in [0.3, 0.4) is 0 Å². The van der Waals surface area contributed by atoms with Crippen molar-refractivity contribution in [3.63, 3.8) is 0 Å². The van der Waals surface area contributed by atoms with Gasteiger partial charge < -0.3 is 25.3 Å². The number of benzene rings is 1. The molecule has 3 amide bonds. The van der Waals surface area contributed by atoms with Gasteiger partial charge in [0.15, 0.2) is 0 Å². The number of quaternary nitrogens is 2. The molecule has 2 aliphatic heterocycles. The van der Waals surface area contributed by atoms with Gasteiger partial charge in [-0.2, -0.15) is 0 Å². The molecule has 0 aromatic heterocycles. The van der Waals surface area contributed by atoms with Crippen LogP contribution in [-0.4, -0.2) is 70.3 Å². The third kappa shape index (κ3) is 5.69. The van der Waals surface area contributed by atoms with Crippen LogP contribution in [-0.2, 0) is 4.79 Å². The molecule has 154 valence electrons. The number of amides is 3. The number of nitrogens with one attached hydrogen (secondary N) is 4. The van der Waals surface area contributed by atoms with Crippen molar-refractivity contribution < 1.29 is 19.4 Å². The first-order valence-corrected chi connectivity index (χ1v) is 10.6. The average Bonchev–Trinajstić information content (AvgIpc) is 3.06. The summed E-state index contributed by atoms with van der Waals surface area (Å²) >= 11 is 0. The smallest absolute Gasteiger partial charge is 0.315 e. The van der Waals surface area contributed by atoms with Crippen LogP contribution in [0.15, 0.2) is 24.3 Å². The predicted octanol–water partition coefficient (Wildman–Crippen LogP) is -1.41. The van der Waals surface area contributed by atoms with Gasteiger partial charge in [0.25, 0.3) is 0 Å². The molecule has 2 aliphatic rings. The Morgan fingerprint density at radius 2 is 1.82 bits per heavy atom. The lowest BCUT2D eigenvalue weighted by Crippen LogP contribution is -3.28. The van der Waals surface area contributed by atoms with Crippen molar-refractivity contribution in [1.82, 2.24) is 10.6 Å². The summed E-state index contributed by atoms with van der Waals surface area (Å²) in [5.41, 5.74) is 2.06. The number of anilines is 1. The molecule has 1 aromatic carbocycles. The van der Waals surface area contributed by atoms with Gasteiger partial charge in [0.05, 0.1) is 19.1 Å². The molecular weight excluding hydrogens is 354 g/mol. The van der Waals surface area contributed by atoms with E-state index in [-0.39, 0.29) is 18.0 Å². The number of rotatable bonds is 7. The summed E-state index contributed by atoms with van der Waals surface area (Å²) in [6.45, 7) is 12.8. The Morgan fingerprint density at radius 3 is 2.50 bits per heavy atom. The fraction of sp³-hybridized carbons (Fsp3) is 0.619. The van der Waals surface area contributed by atoms with Crippen LogP contribution in [0.2, 0.25) is 0 Å². The molecule has 1 atom stereocenters. The lowest BCUT2D eigenvalue weighted by molar-refractivity contribution is -1.01. The number of urea groups is 1. The molecule has 0 aliphatic carbocycles. The zero-order valence-electron chi connectivity index (χ0n) is 17.2. The molecule has 0 unspecified atom stereocenters. The van der Waals surface area contributed by atoms with Crippen molar-refractivity contribution in [1.29, 1.82) is 0 Å². The number of hydrogen-bond acceptors (Lipinski definition) is 2. The van der Waals surface area contributed by atoms with Crippen molar-refractivity contribution in [2.75, 3.05) is 57.3 Å². The van der Waals surface area contributed by atoms with Gasteiger partial charge in [-0.15, -0.1) is 0 Å². The van der Waals surface area contributed by atoms with E-state index in [1.807, 2.05) is 31.2 Å². The molecular formula is C21H35N5O2+2. The van der Waals surface area contributed by atoms with Gasteiger partial charge in [0, 0.05) is 31.6 Å². The first-order chi connectivity index (χ1) is 13.5. The van der Waals surface area contributed by atoms with E-state index in [0.717, 1.165) is 18.7 Å². The molecule has 7 heteroatoms. The molecule has 2 fully saturated rings. The summed E-state index contributed by atoms with van der Waals surface area (Å²) in [7, 11) is 0. The molecule has 0 spiro atoms. The molecule has 0 radical (unpaired) electrons. The fourth-order valence-electron chi connectivity index (χ4n) is 4.12. The minimum atomic E-state index is -0.168. The Kier molecular flexibility index (Phi) is 7.28. The lowest BCUT2D eigenvalue weighted by atomic mass is 10.2. The second-order valence-electron chi connectivity index (χ2n) is 8.10. The molecule has 1 aromatic rings. The highest BCUT2D eigenvalue weighted by Crippen LogP contribution is 2.21. The number of carbonyl (C=O) groups excluding carboxylic acids is 2. The minimum Gasteiger partial charge on any atom is -0.338 e. The third-order valence-electron chi connectivity index (χ3n) is 5.96. The van der Waals surface area contributed by atoms with E-state index in [4.69, 9.17) is 0 Å². The number of nitrogens with zero attached hydrogens (tertiary/aromatic N) is 1. The maximum absolute atomic E-state index is 12.3. The topological polar surface area (TPSA) is 70.3 Å². The highest BCUT2D eigenvalue weighted by molar-refractivity contribution is 5.96. The normalized spacial score (nSPS) is 25.0. The summed E-state index contributed by atoms with van der Waals surface area (Å²) in [5.74, 6) is 0.0612. The van der Waals surface area contributed by atoms with Crippen molar-refractivity contribution >= 4 is 17.6 Å².